The van der Waals surface area contributed by atoms with Gasteiger partial charge in [0, 0.05) is 0 Å². The summed E-state index contributed by atoms with van der Waals surface area (Å²) < 4.78 is 30.3. The summed E-state index contributed by atoms with van der Waals surface area (Å²) >= 11 is 0. The lowest BCUT2D eigenvalue weighted by atomic mass is 10.1. The topological polar surface area (TPSA) is 85.5 Å². The van der Waals surface area contributed by atoms with Gasteiger partial charge in [0.25, 0.3) is 5.91 Å². The number of hydrogen-bond donors (Lipinski definition) is 2. The Kier molecular flexibility index (Phi) is 5.44. The van der Waals surface area contributed by atoms with Crippen LogP contribution in [0.15, 0.2) is 54.6 Å². The van der Waals surface area contributed by atoms with Crippen molar-refractivity contribution in [2.75, 3.05) is 26.6 Å². The van der Waals surface area contributed by atoms with Crippen molar-refractivity contribution in [3.8, 4) is 28.6 Å². The zero-order chi connectivity index (χ0) is 22.0. The Hall–Kier alpha value is -4.07. The van der Waals surface area contributed by atoms with E-state index >= 15 is 0 Å². The first-order chi connectivity index (χ1) is 15.1. The molecule has 31 heavy (non-hydrogen) atoms. The van der Waals surface area contributed by atoms with Crippen LogP contribution in [0.2, 0.25) is 0 Å². The molecular formula is C23H20FN3O4. The van der Waals surface area contributed by atoms with Crippen molar-refractivity contribution in [2.45, 2.75) is 0 Å². The minimum atomic E-state index is -0.513. The minimum absolute atomic E-state index is 0.0989. The molecule has 0 bridgehead atoms. The van der Waals surface area contributed by atoms with Crippen molar-refractivity contribution in [1.29, 1.82) is 0 Å². The quantitative estimate of drug-likeness (QED) is 0.473. The van der Waals surface area contributed by atoms with E-state index in [0.29, 0.717) is 45.2 Å². The third kappa shape index (κ3) is 3.63. The van der Waals surface area contributed by atoms with Gasteiger partial charge in [0.1, 0.15) is 17.2 Å². The molecule has 7 nitrogen and oxygen atoms in total. The first kappa shape index (κ1) is 20.2. The van der Waals surface area contributed by atoms with Gasteiger partial charge in [-0.15, -0.1) is 0 Å². The number of aromatic amines is 1. The average molecular weight is 421 g/mol. The number of carbonyl (C=O) groups excluding carboxylic acids is 1. The van der Waals surface area contributed by atoms with Crippen molar-refractivity contribution in [1.82, 2.24) is 9.97 Å². The Bertz CT molecular complexity index is 1270. The number of para-hydroxylation sites is 2. The predicted octanol–water partition coefficient (Wildman–Crippen LogP) is 4.65. The molecule has 158 valence electrons. The normalized spacial score (nSPS) is 10.7. The van der Waals surface area contributed by atoms with E-state index in [1.54, 1.807) is 49.6 Å². The van der Waals surface area contributed by atoms with Gasteiger partial charge in [-0.25, -0.2) is 9.37 Å². The summed E-state index contributed by atoms with van der Waals surface area (Å²) in [4.78, 5) is 20.7. The lowest BCUT2D eigenvalue weighted by Crippen LogP contribution is -2.13. The molecule has 0 aliphatic heterocycles. The molecule has 1 amide bonds. The molecule has 0 atom stereocenters. The second-order valence-corrected chi connectivity index (χ2v) is 6.60. The van der Waals surface area contributed by atoms with E-state index < -0.39 is 11.7 Å². The number of benzene rings is 3. The Labute approximate surface area is 177 Å². The zero-order valence-electron chi connectivity index (χ0n) is 17.2. The van der Waals surface area contributed by atoms with Gasteiger partial charge in [-0.2, -0.15) is 0 Å². The van der Waals surface area contributed by atoms with Crippen LogP contribution in [-0.2, 0) is 0 Å². The van der Waals surface area contributed by atoms with Crippen LogP contribution in [0.3, 0.4) is 0 Å². The maximum Gasteiger partial charge on any atom is 0.258 e. The molecule has 1 aromatic heterocycles. The number of hydrogen-bond acceptors (Lipinski definition) is 5. The first-order valence-corrected chi connectivity index (χ1v) is 9.41. The minimum Gasteiger partial charge on any atom is -0.493 e. The van der Waals surface area contributed by atoms with Crippen molar-refractivity contribution < 1.29 is 23.4 Å². The maximum absolute atomic E-state index is 13.9. The monoisotopic (exact) mass is 421 g/mol. The summed E-state index contributed by atoms with van der Waals surface area (Å²) in [5.41, 5.74) is 2.14. The lowest BCUT2D eigenvalue weighted by molar-refractivity contribution is 0.102. The summed E-state index contributed by atoms with van der Waals surface area (Å²) in [7, 11) is 4.59. The molecule has 8 heteroatoms. The number of carbonyl (C=O) groups is 1. The van der Waals surface area contributed by atoms with E-state index in [9.17, 15) is 9.18 Å². The molecule has 0 fully saturated rings. The van der Waals surface area contributed by atoms with Gasteiger partial charge in [0.15, 0.2) is 11.5 Å². The van der Waals surface area contributed by atoms with E-state index in [4.69, 9.17) is 14.2 Å². The van der Waals surface area contributed by atoms with Crippen molar-refractivity contribution in [3.63, 3.8) is 0 Å². The SMILES string of the molecule is COc1ccc(-c2nc3c(C(=O)Nc4ccccc4F)cccc3[nH]2)c(OC)c1OC. The fraction of sp³-hybridized carbons (Fsp3) is 0.130. The van der Waals surface area contributed by atoms with E-state index in [1.807, 2.05) is 0 Å². The van der Waals surface area contributed by atoms with Crippen LogP contribution in [0.25, 0.3) is 22.4 Å². The maximum atomic E-state index is 13.9. The molecule has 0 aliphatic carbocycles. The number of imidazole rings is 1. The molecule has 0 spiro atoms. The molecule has 0 radical (unpaired) electrons. The van der Waals surface area contributed by atoms with Crippen LogP contribution in [-0.4, -0.2) is 37.2 Å². The number of nitrogens with one attached hydrogen (secondary N) is 2. The van der Waals surface area contributed by atoms with Crippen molar-refractivity contribution in [3.05, 3.63) is 66.0 Å². The summed E-state index contributed by atoms with van der Waals surface area (Å²) in [5.74, 6) is 0.899. The fourth-order valence-electron chi connectivity index (χ4n) is 3.38. The third-order valence-corrected chi connectivity index (χ3v) is 4.84. The number of H-pyrrole nitrogens is 1. The molecule has 4 aromatic rings. The highest BCUT2D eigenvalue weighted by atomic mass is 19.1. The number of methoxy groups -OCH3 is 3. The van der Waals surface area contributed by atoms with Gasteiger partial charge in [0.2, 0.25) is 5.75 Å². The number of amides is 1. The molecule has 1 heterocycles. The highest BCUT2D eigenvalue weighted by Crippen LogP contribution is 2.43. The van der Waals surface area contributed by atoms with Gasteiger partial charge in [-0.1, -0.05) is 18.2 Å². The van der Waals surface area contributed by atoms with Crippen LogP contribution < -0.4 is 19.5 Å². The van der Waals surface area contributed by atoms with Gasteiger partial charge in [-0.05, 0) is 36.4 Å². The lowest BCUT2D eigenvalue weighted by Gasteiger charge is -2.14. The second kappa shape index (κ2) is 8.35. The van der Waals surface area contributed by atoms with E-state index in [1.165, 1.54) is 26.4 Å². The highest BCUT2D eigenvalue weighted by molar-refractivity contribution is 6.11. The number of rotatable bonds is 6. The van der Waals surface area contributed by atoms with Gasteiger partial charge < -0.3 is 24.5 Å². The summed E-state index contributed by atoms with van der Waals surface area (Å²) in [5, 5.41) is 2.59. The van der Waals surface area contributed by atoms with Crippen LogP contribution in [0, 0.1) is 5.82 Å². The number of halogens is 1. The molecule has 2 N–H and O–H groups in total. The zero-order valence-corrected chi connectivity index (χ0v) is 17.2. The fourth-order valence-corrected chi connectivity index (χ4v) is 3.38. The Morgan fingerprint density at radius 2 is 1.71 bits per heavy atom. The largest absolute Gasteiger partial charge is 0.493 e. The third-order valence-electron chi connectivity index (χ3n) is 4.84. The molecule has 0 aliphatic rings. The average Bonchev–Trinajstić information content (AvgIpc) is 3.23. The van der Waals surface area contributed by atoms with Crippen LogP contribution in [0.5, 0.6) is 17.2 Å². The van der Waals surface area contributed by atoms with E-state index in [0.717, 1.165) is 0 Å². The van der Waals surface area contributed by atoms with Crippen molar-refractivity contribution >= 4 is 22.6 Å². The molecular weight excluding hydrogens is 401 g/mol. The van der Waals surface area contributed by atoms with Gasteiger partial charge in [0.05, 0.1) is 43.7 Å². The predicted molar refractivity (Wildman–Crippen MR) is 116 cm³/mol. The van der Waals surface area contributed by atoms with Crippen LogP contribution in [0.1, 0.15) is 10.4 Å². The summed E-state index contributed by atoms with van der Waals surface area (Å²) in [6.45, 7) is 0. The first-order valence-electron chi connectivity index (χ1n) is 9.41. The van der Waals surface area contributed by atoms with Crippen LogP contribution in [0.4, 0.5) is 10.1 Å². The number of anilines is 1. The molecule has 4 rings (SSSR count). The van der Waals surface area contributed by atoms with Crippen LogP contribution >= 0.6 is 0 Å². The number of aromatic nitrogens is 2. The van der Waals surface area contributed by atoms with Gasteiger partial charge >= 0.3 is 0 Å². The van der Waals surface area contributed by atoms with Crippen molar-refractivity contribution in [2.24, 2.45) is 0 Å². The standard InChI is InChI=1S/C23H20FN3O4/c1-29-18-12-11-14(20(30-2)21(18)31-3)22-25-17-10-6-7-13(19(17)27-22)23(28)26-16-9-5-4-8-15(16)24/h4-12H,1-3H3,(H,25,27)(H,26,28). The van der Waals surface area contributed by atoms with E-state index in [-0.39, 0.29) is 5.69 Å². The number of fused-ring (bicyclic) bond motifs is 1. The van der Waals surface area contributed by atoms with E-state index in [2.05, 4.69) is 15.3 Å². The number of nitrogens with zero attached hydrogens (tertiary/aromatic N) is 1. The Morgan fingerprint density at radius 1 is 0.935 bits per heavy atom. The highest BCUT2D eigenvalue weighted by Gasteiger charge is 2.21. The van der Waals surface area contributed by atoms with Gasteiger partial charge in [-0.3, -0.25) is 4.79 Å². The molecule has 0 saturated heterocycles. The molecule has 0 saturated carbocycles. The Balaban J connectivity index is 1.78. The molecule has 0 unspecified atom stereocenters. The second-order valence-electron chi connectivity index (χ2n) is 6.60. The summed E-state index contributed by atoms with van der Waals surface area (Å²) in [6.07, 6.45) is 0. The molecule has 3 aromatic carbocycles. The Morgan fingerprint density at radius 3 is 2.42 bits per heavy atom. The smallest absolute Gasteiger partial charge is 0.258 e. The number of ether oxygens (including phenoxy) is 3. The summed E-state index contributed by atoms with van der Waals surface area (Å²) in [6, 6.07) is 14.7.